The Hall–Kier alpha value is -3.08. The third-order valence-electron chi connectivity index (χ3n) is 4.46. The molecule has 0 atom stereocenters. The molecule has 0 saturated heterocycles. The lowest BCUT2D eigenvalue weighted by atomic mass is 10.1. The first kappa shape index (κ1) is 24.2. The van der Waals surface area contributed by atoms with E-state index in [2.05, 4.69) is 15.6 Å². The van der Waals surface area contributed by atoms with Gasteiger partial charge >= 0.3 is 0 Å². The molecule has 0 radical (unpaired) electrons. The van der Waals surface area contributed by atoms with Gasteiger partial charge in [0.15, 0.2) is 5.96 Å². The SMILES string of the molecule is COc1ccccc1CCNC(=NCc1ccc([N+](=O)[O-])cc1)NCc1ccco1.I. The number of hydrogen-bond donors (Lipinski definition) is 2. The zero-order chi connectivity index (χ0) is 21.2. The van der Waals surface area contributed by atoms with Crippen LogP contribution in [0.25, 0.3) is 0 Å². The molecule has 0 fully saturated rings. The van der Waals surface area contributed by atoms with Crippen LogP contribution in [0.2, 0.25) is 0 Å². The Bertz CT molecular complexity index is 975. The van der Waals surface area contributed by atoms with Gasteiger partial charge in [0.1, 0.15) is 11.5 Å². The lowest BCUT2D eigenvalue weighted by Crippen LogP contribution is -2.38. The van der Waals surface area contributed by atoms with E-state index >= 15 is 0 Å². The fourth-order valence-corrected chi connectivity index (χ4v) is 2.88. The molecule has 3 aromatic rings. The van der Waals surface area contributed by atoms with Crippen molar-refractivity contribution >= 4 is 35.6 Å². The third-order valence-corrected chi connectivity index (χ3v) is 4.46. The van der Waals surface area contributed by atoms with Crippen LogP contribution in [0, 0.1) is 10.1 Å². The molecule has 2 aromatic carbocycles. The number of ether oxygens (including phenoxy) is 1. The van der Waals surface area contributed by atoms with E-state index in [4.69, 9.17) is 9.15 Å². The molecule has 0 aliphatic carbocycles. The number of guanidine groups is 1. The summed E-state index contributed by atoms with van der Waals surface area (Å²) in [4.78, 5) is 15.0. The number of para-hydroxylation sites is 1. The lowest BCUT2D eigenvalue weighted by Gasteiger charge is -2.13. The molecule has 1 heterocycles. The summed E-state index contributed by atoms with van der Waals surface area (Å²) in [5.74, 6) is 2.27. The lowest BCUT2D eigenvalue weighted by molar-refractivity contribution is -0.384. The predicted molar refractivity (Wildman–Crippen MR) is 130 cm³/mol. The van der Waals surface area contributed by atoms with Crippen LogP contribution in [0.1, 0.15) is 16.9 Å². The Morgan fingerprint density at radius 3 is 2.55 bits per heavy atom. The van der Waals surface area contributed by atoms with E-state index in [1.807, 2.05) is 36.4 Å². The third kappa shape index (κ3) is 7.59. The van der Waals surface area contributed by atoms with Gasteiger partial charge in [0.05, 0.1) is 31.4 Å². The molecule has 1 aromatic heterocycles. The Balaban J connectivity index is 0.00000341. The zero-order valence-electron chi connectivity index (χ0n) is 17.1. The Kier molecular flexibility index (Phi) is 9.82. The highest BCUT2D eigenvalue weighted by atomic mass is 127. The summed E-state index contributed by atoms with van der Waals surface area (Å²) >= 11 is 0. The Morgan fingerprint density at radius 2 is 1.87 bits per heavy atom. The van der Waals surface area contributed by atoms with Gasteiger partial charge in [-0.05, 0) is 35.7 Å². The highest BCUT2D eigenvalue weighted by molar-refractivity contribution is 14.0. The summed E-state index contributed by atoms with van der Waals surface area (Å²) in [5, 5.41) is 17.4. The van der Waals surface area contributed by atoms with Gasteiger partial charge in [-0.2, -0.15) is 0 Å². The average Bonchev–Trinajstić information content (AvgIpc) is 3.29. The molecule has 0 spiro atoms. The summed E-state index contributed by atoms with van der Waals surface area (Å²) < 4.78 is 10.8. The molecule has 9 heteroatoms. The van der Waals surface area contributed by atoms with Gasteiger partial charge in [-0.15, -0.1) is 24.0 Å². The minimum absolute atomic E-state index is 0. The van der Waals surface area contributed by atoms with E-state index in [1.165, 1.54) is 12.1 Å². The van der Waals surface area contributed by atoms with Crippen molar-refractivity contribution in [3.8, 4) is 5.75 Å². The van der Waals surface area contributed by atoms with E-state index in [9.17, 15) is 10.1 Å². The largest absolute Gasteiger partial charge is 0.496 e. The molecule has 0 amide bonds. The summed E-state index contributed by atoms with van der Waals surface area (Å²) in [6.45, 7) is 1.54. The van der Waals surface area contributed by atoms with Crippen LogP contribution in [0.5, 0.6) is 5.75 Å². The number of nitro groups is 1. The highest BCUT2D eigenvalue weighted by Crippen LogP contribution is 2.17. The monoisotopic (exact) mass is 536 g/mol. The van der Waals surface area contributed by atoms with E-state index in [-0.39, 0.29) is 29.7 Å². The second kappa shape index (κ2) is 12.6. The molecule has 0 aliphatic heterocycles. The molecule has 0 bridgehead atoms. The summed E-state index contributed by atoms with van der Waals surface area (Å²) in [6.07, 6.45) is 2.39. The molecular weight excluding hydrogens is 511 g/mol. The highest BCUT2D eigenvalue weighted by Gasteiger charge is 2.06. The number of aliphatic imine (C=N–C) groups is 1. The second-order valence-electron chi connectivity index (χ2n) is 6.51. The van der Waals surface area contributed by atoms with Gasteiger partial charge in [-0.1, -0.05) is 30.3 Å². The van der Waals surface area contributed by atoms with Crippen LogP contribution in [-0.2, 0) is 19.5 Å². The van der Waals surface area contributed by atoms with Crippen molar-refractivity contribution in [3.05, 3.63) is 93.9 Å². The van der Waals surface area contributed by atoms with E-state index in [0.717, 1.165) is 29.1 Å². The quantitative estimate of drug-likeness (QED) is 0.139. The van der Waals surface area contributed by atoms with Crippen molar-refractivity contribution in [1.82, 2.24) is 10.6 Å². The van der Waals surface area contributed by atoms with Gasteiger partial charge < -0.3 is 19.8 Å². The molecule has 8 nitrogen and oxygen atoms in total. The molecule has 164 valence electrons. The minimum atomic E-state index is -0.414. The normalized spacial score (nSPS) is 10.8. The maximum Gasteiger partial charge on any atom is 0.269 e. The van der Waals surface area contributed by atoms with Gasteiger partial charge in [0.2, 0.25) is 0 Å². The number of rotatable bonds is 9. The Morgan fingerprint density at radius 1 is 1.10 bits per heavy atom. The molecule has 0 saturated carbocycles. The van der Waals surface area contributed by atoms with Crippen LogP contribution < -0.4 is 15.4 Å². The first-order chi connectivity index (χ1) is 14.7. The van der Waals surface area contributed by atoms with Crippen molar-refractivity contribution in [2.45, 2.75) is 19.5 Å². The fraction of sp³-hybridized carbons (Fsp3) is 0.227. The summed E-state index contributed by atoms with van der Waals surface area (Å²) in [7, 11) is 1.66. The molecule has 31 heavy (non-hydrogen) atoms. The van der Waals surface area contributed by atoms with E-state index in [0.29, 0.717) is 25.6 Å². The number of methoxy groups -OCH3 is 1. The van der Waals surface area contributed by atoms with Crippen LogP contribution in [-0.4, -0.2) is 24.5 Å². The summed E-state index contributed by atoms with van der Waals surface area (Å²) in [6, 6.07) is 18.0. The minimum Gasteiger partial charge on any atom is -0.496 e. The first-order valence-electron chi connectivity index (χ1n) is 9.55. The summed E-state index contributed by atoms with van der Waals surface area (Å²) in [5.41, 5.74) is 2.05. The van der Waals surface area contributed by atoms with Crippen molar-refractivity contribution in [2.24, 2.45) is 4.99 Å². The fourth-order valence-electron chi connectivity index (χ4n) is 2.88. The van der Waals surface area contributed by atoms with Crippen LogP contribution in [0.15, 0.2) is 76.3 Å². The van der Waals surface area contributed by atoms with E-state index in [1.54, 1.807) is 25.5 Å². The van der Waals surface area contributed by atoms with Gasteiger partial charge in [0.25, 0.3) is 5.69 Å². The zero-order valence-corrected chi connectivity index (χ0v) is 19.4. The number of hydrogen-bond acceptors (Lipinski definition) is 5. The van der Waals surface area contributed by atoms with Crippen molar-refractivity contribution in [2.75, 3.05) is 13.7 Å². The first-order valence-corrected chi connectivity index (χ1v) is 9.55. The molecule has 0 aliphatic rings. The maximum absolute atomic E-state index is 10.8. The number of benzene rings is 2. The molecule has 0 unspecified atom stereocenters. The maximum atomic E-state index is 10.8. The topological polar surface area (TPSA) is 102 Å². The van der Waals surface area contributed by atoms with Crippen LogP contribution in [0.3, 0.4) is 0 Å². The van der Waals surface area contributed by atoms with Crippen molar-refractivity contribution in [1.29, 1.82) is 0 Å². The van der Waals surface area contributed by atoms with E-state index < -0.39 is 4.92 Å². The predicted octanol–water partition coefficient (Wildman–Crippen LogP) is 4.29. The van der Waals surface area contributed by atoms with Crippen LogP contribution in [0.4, 0.5) is 5.69 Å². The van der Waals surface area contributed by atoms with Crippen molar-refractivity contribution in [3.63, 3.8) is 0 Å². The molecular formula is C22H25IN4O4. The smallest absolute Gasteiger partial charge is 0.269 e. The Labute approximate surface area is 197 Å². The number of nitrogens with zero attached hydrogens (tertiary/aromatic N) is 2. The molecule has 2 N–H and O–H groups in total. The van der Waals surface area contributed by atoms with Crippen LogP contribution >= 0.6 is 24.0 Å². The standard InChI is InChI=1S/C22H24N4O4.HI/c1-29-21-7-3-2-5-18(21)12-13-23-22(25-16-20-6-4-14-30-20)24-15-17-8-10-19(11-9-17)26(27)28;/h2-11,14H,12-13,15-16H2,1H3,(H2,23,24,25);1H. The van der Waals surface area contributed by atoms with Gasteiger partial charge in [-0.25, -0.2) is 4.99 Å². The van der Waals surface area contributed by atoms with Gasteiger partial charge in [-0.3, -0.25) is 10.1 Å². The van der Waals surface area contributed by atoms with Gasteiger partial charge in [0, 0.05) is 18.7 Å². The number of nitro benzene ring substituents is 1. The molecule has 3 rings (SSSR count). The number of nitrogens with one attached hydrogen (secondary N) is 2. The number of non-ortho nitro benzene ring substituents is 1. The number of furan rings is 1. The second-order valence-corrected chi connectivity index (χ2v) is 6.51. The average molecular weight is 536 g/mol. The van der Waals surface area contributed by atoms with Crippen molar-refractivity contribution < 1.29 is 14.1 Å². The number of halogens is 1.